The van der Waals surface area contributed by atoms with Crippen LogP contribution >= 0.6 is 0 Å². The van der Waals surface area contributed by atoms with E-state index < -0.39 is 11.2 Å². The Morgan fingerprint density at radius 2 is 1.90 bits per heavy atom. The summed E-state index contributed by atoms with van der Waals surface area (Å²) in [5.74, 6) is -0.335. The number of amides is 1. The maximum absolute atomic E-state index is 12.9. The molecule has 0 saturated heterocycles. The Labute approximate surface area is 180 Å². The molecule has 1 aromatic carbocycles. The third-order valence-electron chi connectivity index (χ3n) is 6.57. The van der Waals surface area contributed by atoms with E-state index in [1.807, 2.05) is 0 Å². The molecule has 0 unspecified atom stereocenters. The van der Waals surface area contributed by atoms with Gasteiger partial charge in [0.25, 0.3) is 5.56 Å². The average molecular weight is 424 g/mol. The lowest BCUT2D eigenvalue weighted by atomic mass is 9.69. The van der Waals surface area contributed by atoms with Gasteiger partial charge in [0.2, 0.25) is 5.91 Å². The lowest BCUT2D eigenvalue weighted by Crippen LogP contribution is -2.47. The summed E-state index contributed by atoms with van der Waals surface area (Å²) in [7, 11) is 3.25. The number of rotatable bonds is 5. The van der Waals surface area contributed by atoms with E-state index in [9.17, 15) is 14.4 Å². The highest BCUT2D eigenvalue weighted by atomic mass is 16.2. The van der Waals surface area contributed by atoms with Gasteiger partial charge in [-0.05, 0) is 25.3 Å². The summed E-state index contributed by atoms with van der Waals surface area (Å²) in [5, 5.41) is 3.02. The van der Waals surface area contributed by atoms with Crippen LogP contribution in [0.25, 0.3) is 11.2 Å². The predicted octanol–water partition coefficient (Wildman–Crippen LogP) is 1.76. The van der Waals surface area contributed by atoms with Crippen LogP contribution in [0.15, 0.2) is 40.2 Å². The molecule has 0 bridgehead atoms. The molecule has 2 aromatic heterocycles. The first-order valence-corrected chi connectivity index (χ1v) is 10.8. The molecule has 8 nitrogen and oxygen atoms in total. The number of nitrogens with one attached hydrogen (secondary N) is 1. The Kier molecular flexibility index (Phi) is 5.56. The van der Waals surface area contributed by atoms with Crippen molar-refractivity contribution in [3.63, 3.8) is 0 Å². The van der Waals surface area contributed by atoms with Gasteiger partial charge in [-0.1, -0.05) is 49.1 Å². The van der Waals surface area contributed by atoms with E-state index >= 15 is 0 Å². The molecule has 0 spiro atoms. The zero-order valence-electron chi connectivity index (χ0n) is 18.4. The van der Waals surface area contributed by atoms with Crippen LogP contribution in [0.1, 0.15) is 43.2 Å². The zero-order valence-corrected chi connectivity index (χ0v) is 18.4. The van der Waals surface area contributed by atoms with E-state index in [1.54, 1.807) is 18.7 Å². The molecule has 1 aliphatic carbocycles. The van der Waals surface area contributed by atoms with Crippen LogP contribution in [-0.2, 0) is 30.8 Å². The van der Waals surface area contributed by atoms with E-state index in [4.69, 9.17) is 0 Å². The Bertz CT molecular complexity index is 1240. The minimum atomic E-state index is -0.544. The van der Waals surface area contributed by atoms with Crippen molar-refractivity contribution in [2.75, 3.05) is 6.54 Å². The van der Waals surface area contributed by atoms with Crippen LogP contribution in [0.3, 0.4) is 0 Å². The highest BCUT2D eigenvalue weighted by molar-refractivity contribution is 5.76. The first-order valence-electron chi connectivity index (χ1n) is 10.8. The molecule has 1 amide bonds. The number of carbonyl (C=O) groups is 1. The number of nitrogens with zero attached hydrogens (tertiary/aromatic N) is 4. The van der Waals surface area contributed by atoms with E-state index in [1.165, 1.54) is 28.4 Å². The maximum atomic E-state index is 12.9. The van der Waals surface area contributed by atoms with Gasteiger partial charge in [0.05, 0.1) is 6.33 Å². The van der Waals surface area contributed by atoms with Crippen LogP contribution in [0.4, 0.5) is 0 Å². The van der Waals surface area contributed by atoms with Gasteiger partial charge in [-0.15, -0.1) is 0 Å². The van der Waals surface area contributed by atoms with Crippen molar-refractivity contribution in [2.24, 2.45) is 14.1 Å². The van der Waals surface area contributed by atoms with Gasteiger partial charge in [0.15, 0.2) is 11.2 Å². The molecule has 4 rings (SSSR count). The number of hydrogen-bond acceptors (Lipinski definition) is 4. The summed E-state index contributed by atoms with van der Waals surface area (Å²) < 4.78 is 3.86. The van der Waals surface area contributed by atoms with Crippen LogP contribution in [0.5, 0.6) is 0 Å². The largest absolute Gasteiger partial charge is 0.354 e. The van der Waals surface area contributed by atoms with Crippen molar-refractivity contribution >= 4 is 17.1 Å². The molecule has 1 N–H and O–H groups in total. The first kappa shape index (κ1) is 21.1. The minimum Gasteiger partial charge on any atom is -0.354 e. The average Bonchev–Trinajstić information content (AvgIpc) is 3.16. The topological polar surface area (TPSA) is 90.9 Å². The quantitative estimate of drug-likeness (QED) is 0.677. The Balaban J connectivity index is 1.58. The van der Waals surface area contributed by atoms with Gasteiger partial charge in [-0.3, -0.25) is 14.2 Å². The Hall–Kier alpha value is -3.16. The van der Waals surface area contributed by atoms with Gasteiger partial charge >= 0.3 is 5.69 Å². The fourth-order valence-corrected chi connectivity index (χ4v) is 4.77. The van der Waals surface area contributed by atoms with E-state index in [2.05, 4.69) is 41.5 Å². The predicted molar refractivity (Wildman–Crippen MR) is 119 cm³/mol. The second kappa shape index (κ2) is 8.17. The standard InChI is InChI=1S/C23H29N5O3/c1-16-8-7-9-17(12-16)23(10-5-4-6-11-23)14-24-18(29)13-28-21(30)19-20(25-15-26(19)2)27(3)22(28)31/h7-9,12,15H,4-6,10-11,13-14H2,1-3H3,(H,24,29). The van der Waals surface area contributed by atoms with Crippen LogP contribution in [0, 0.1) is 6.92 Å². The van der Waals surface area contributed by atoms with Crippen LogP contribution in [-0.4, -0.2) is 31.1 Å². The summed E-state index contributed by atoms with van der Waals surface area (Å²) in [4.78, 5) is 42.5. The number of carbonyl (C=O) groups excluding carboxylic acids is 1. The van der Waals surface area contributed by atoms with Crippen LogP contribution in [0.2, 0.25) is 0 Å². The smallest absolute Gasteiger partial charge is 0.332 e. The lowest BCUT2D eigenvalue weighted by molar-refractivity contribution is -0.122. The number of imidazole rings is 1. The van der Waals surface area contributed by atoms with Crippen LogP contribution < -0.4 is 16.6 Å². The van der Waals surface area contributed by atoms with E-state index in [0.717, 1.165) is 30.3 Å². The molecule has 8 heteroatoms. The Morgan fingerprint density at radius 3 is 2.61 bits per heavy atom. The molecule has 1 saturated carbocycles. The molecular weight excluding hydrogens is 394 g/mol. The van der Waals surface area contributed by atoms with Gasteiger partial charge in [0, 0.05) is 26.1 Å². The lowest BCUT2D eigenvalue weighted by Gasteiger charge is -2.38. The molecule has 0 atom stereocenters. The maximum Gasteiger partial charge on any atom is 0.332 e. The van der Waals surface area contributed by atoms with Crippen molar-refractivity contribution in [1.82, 2.24) is 24.0 Å². The van der Waals surface area contributed by atoms with Gasteiger partial charge < -0.3 is 9.88 Å². The molecule has 0 radical (unpaired) electrons. The second-order valence-electron chi connectivity index (χ2n) is 8.75. The summed E-state index contributed by atoms with van der Waals surface area (Å²) in [6, 6.07) is 8.49. The van der Waals surface area contributed by atoms with Crippen molar-refractivity contribution in [3.05, 3.63) is 62.6 Å². The molecule has 0 aliphatic heterocycles. The molecule has 164 valence electrons. The molecule has 1 aliphatic rings. The molecule has 2 heterocycles. The third kappa shape index (κ3) is 3.82. The molecular formula is C23H29N5O3. The molecule has 3 aromatic rings. The van der Waals surface area contributed by atoms with Gasteiger partial charge in [-0.25, -0.2) is 14.3 Å². The fraction of sp³-hybridized carbons (Fsp3) is 0.478. The summed E-state index contributed by atoms with van der Waals surface area (Å²) >= 11 is 0. The highest BCUT2D eigenvalue weighted by Gasteiger charge is 2.34. The Morgan fingerprint density at radius 1 is 1.16 bits per heavy atom. The second-order valence-corrected chi connectivity index (χ2v) is 8.75. The van der Waals surface area contributed by atoms with E-state index in [0.29, 0.717) is 17.7 Å². The normalized spacial score (nSPS) is 15.8. The minimum absolute atomic E-state index is 0.109. The summed E-state index contributed by atoms with van der Waals surface area (Å²) in [6.07, 6.45) is 6.98. The zero-order chi connectivity index (χ0) is 22.2. The monoisotopic (exact) mass is 423 g/mol. The summed E-state index contributed by atoms with van der Waals surface area (Å²) in [5.41, 5.74) is 1.91. The number of fused-ring (bicyclic) bond motifs is 1. The highest BCUT2D eigenvalue weighted by Crippen LogP contribution is 2.39. The summed E-state index contributed by atoms with van der Waals surface area (Å²) in [6.45, 7) is 2.27. The molecule has 1 fully saturated rings. The number of aryl methyl sites for hydroxylation is 3. The SMILES string of the molecule is Cc1cccc(C2(CNC(=O)Cn3c(=O)c4c(ncn4C)n(C)c3=O)CCCCC2)c1. The fourth-order valence-electron chi connectivity index (χ4n) is 4.77. The number of aromatic nitrogens is 4. The van der Waals surface area contributed by atoms with Crippen molar-refractivity contribution in [1.29, 1.82) is 0 Å². The molecule has 31 heavy (non-hydrogen) atoms. The van der Waals surface area contributed by atoms with Gasteiger partial charge in [0.1, 0.15) is 6.54 Å². The number of hydrogen-bond donors (Lipinski definition) is 1. The van der Waals surface area contributed by atoms with E-state index in [-0.39, 0.29) is 17.9 Å². The first-order chi connectivity index (χ1) is 14.8. The van der Waals surface area contributed by atoms with Crippen molar-refractivity contribution < 1.29 is 4.79 Å². The van der Waals surface area contributed by atoms with Crippen molar-refractivity contribution in [2.45, 2.75) is 51.0 Å². The van der Waals surface area contributed by atoms with Crippen molar-refractivity contribution in [3.8, 4) is 0 Å². The number of benzene rings is 1. The van der Waals surface area contributed by atoms with Gasteiger partial charge in [-0.2, -0.15) is 0 Å². The third-order valence-corrected chi connectivity index (χ3v) is 6.57.